The first-order valence-corrected chi connectivity index (χ1v) is 11.6. The Kier molecular flexibility index (Phi) is 4.66. The van der Waals surface area contributed by atoms with Crippen LogP contribution in [0.15, 0.2) is 76.7 Å². The van der Waals surface area contributed by atoms with Gasteiger partial charge in [0.25, 0.3) is 10.0 Å². The molecule has 2 aromatic carbocycles. The fourth-order valence-corrected chi connectivity index (χ4v) is 6.77. The van der Waals surface area contributed by atoms with Gasteiger partial charge in [-0.15, -0.1) is 0 Å². The highest BCUT2D eigenvalue weighted by atomic mass is 35.5. The minimum atomic E-state index is -4.02. The lowest BCUT2D eigenvalue weighted by molar-refractivity contribution is -0.133. The number of benzene rings is 2. The first-order valence-electron chi connectivity index (χ1n) is 9.75. The van der Waals surface area contributed by atoms with Gasteiger partial charge >= 0.3 is 0 Å². The Hall–Kier alpha value is -2.74. The largest absolute Gasteiger partial charge is 0.377 e. The summed E-state index contributed by atoms with van der Waals surface area (Å²) in [6.07, 6.45) is 2.17. The molecule has 0 N–H and O–H groups in total. The molecule has 0 radical (unpaired) electrons. The summed E-state index contributed by atoms with van der Waals surface area (Å²) >= 11 is 6.04. The molecule has 0 unspecified atom stereocenters. The van der Waals surface area contributed by atoms with Crippen molar-refractivity contribution in [1.82, 2.24) is 0 Å². The molecule has 5 rings (SSSR count). The van der Waals surface area contributed by atoms with Crippen LogP contribution in [-0.2, 0) is 24.3 Å². The highest BCUT2D eigenvalue weighted by Crippen LogP contribution is 2.52. The number of carbonyl (C=O) groups is 2. The van der Waals surface area contributed by atoms with Crippen molar-refractivity contribution in [1.29, 1.82) is 0 Å². The molecule has 158 valence electrons. The predicted octanol–water partition coefficient (Wildman–Crippen LogP) is 3.18. The fraction of sp³-hybridized carbons (Fsp3) is 0.217. The molecule has 0 saturated carbocycles. The van der Waals surface area contributed by atoms with Gasteiger partial charge in [-0.25, -0.2) is 8.42 Å². The van der Waals surface area contributed by atoms with Gasteiger partial charge in [0.2, 0.25) is 0 Å². The Balaban J connectivity index is 1.77. The van der Waals surface area contributed by atoms with E-state index in [0.29, 0.717) is 16.8 Å². The Morgan fingerprint density at radius 3 is 2.35 bits per heavy atom. The summed E-state index contributed by atoms with van der Waals surface area (Å²) in [6.45, 7) is 0. The van der Waals surface area contributed by atoms with Gasteiger partial charge in [-0.3, -0.25) is 13.9 Å². The van der Waals surface area contributed by atoms with E-state index in [4.69, 9.17) is 16.3 Å². The second-order valence-electron chi connectivity index (χ2n) is 7.71. The number of halogens is 1. The standard InChI is InChI=1S/C23H18ClNO5S/c1-30-19-11-15-14-9-5-6-10-17(14)25(31(28,29)13-7-3-2-4-8-13)22(15)20-18(26)12-16(24)23(27)21(19)20/h2-12,19-22H,1H3/t19-,20-,21-,22+/m0/s1. The van der Waals surface area contributed by atoms with Crippen molar-refractivity contribution in [2.45, 2.75) is 17.0 Å². The van der Waals surface area contributed by atoms with Gasteiger partial charge in [0.15, 0.2) is 11.6 Å². The summed E-state index contributed by atoms with van der Waals surface area (Å²) < 4.78 is 34.4. The van der Waals surface area contributed by atoms with Crippen LogP contribution in [0.4, 0.5) is 5.69 Å². The number of carbonyl (C=O) groups excluding carboxylic acids is 2. The van der Waals surface area contributed by atoms with Crippen LogP contribution in [0.25, 0.3) is 5.57 Å². The lowest BCUT2D eigenvalue weighted by atomic mass is 9.68. The number of anilines is 1. The van der Waals surface area contributed by atoms with Crippen LogP contribution < -0.4 is 4.31 Å². The normalized spacial score (nSPS) is 27.2. The number of rotatable bonds is 3. The third-order valence-corrected chi connectivity index (χ3v) is 8.26. The number of para-hydroxylation sites is 1. The van der Waals surface area contributed by atoms with Gasteiger partial charge in [-0.05, 0) is 29.8 Å². The zero-order valence-electron chi connectivity index (χ0n) is 16.4. The Labute approximate surface area is 184 Å². The van der Waals surface area contributed by atoms with Crippen molar-refractivity contribution in [3.05, 3.63) is 77.3 Å². The van der Waals surface area contributed by atoms with E-state index in [2.05, 4.69) is 0 Å². The second kappa shape index (κ2) is 7.15. The van der Waals surface area contributed by atoms with Gasteiger partial charge in [0.05, 0.1) is 39.6 Å². The molecule has 0 saturated heterocycles. The van der Waals surface area contributed by atoms with Gasteiger partial charge in [0, 0.05) is 18.7 Å². The van der Waals surface area contributed by atoms with Crippen LogP contribution in [-0.4, -0.2) is 39.2 Å². The summed E-state index contributed by atoms with van der Waals surface area (Å²) in [5, 5.41) is -0.155. The first kappa shape index (κ1) is 20.2. The van der Waals surface area contributed by atoms with Crippen LogP contribution >= 0.6 is 11.6 Å². The summed E-state index contributed by atoms with van der Waals surface area (Å²) in [7, 11) is -2.56. The number of hydrogen-bond donors (Lipinski definition) is 0. The molecule has 2 aromatic rings. The minimum absolute atomic E-state index is 0.111. The average Bonchev–Trinajstić information content (AvgIpc) is 3.11. The summed E-state index contributed by atoms with van der Waals surface area (Å²) in [5.41, 5.74) is 1.84. The molecule has 0 aromatic heterocycles. The van der Waals surface area contributed by atoms with Crippen LogP contribution in [0.1, 0.15) is 5.56 Å². The maximum Gasteiger partial charge on any atom is 0.264 e. The zero-order valence-corrected chi connectivity index (χ0v) is 18.0. The number of allylic oxidation sites excluding steroid dienone is 2. The Morgan fingerprint density at radius 1 is 0.968 bits per heavy atom. The monoisotopic (exact) mass is 455 g/mol. The summed E-state index contributed by atoms with van der Waals surface area (Å²) in [5.74, 6) is -2.63. The molecule has 31 heavy (non-hydrogen) atoms. The minimum Gasteiger partial charge on any atom is -0.377 e. The van der Waals surface area contributed by atoms with E-state index >= 15 is 0 Å². The SMILES string of the molecule is CO[C@H]1C=C2c3ccccc3N(S(=O)(=O)c3ccccc3)[C@H]2[C@H]2C(=O)C=C(Cl)C(=O)[C@H]21. The average molecular weight is 456 g/mol. The zero-order chi connectivity index (χ0) is 21.9. The lowest BCUT2D eigenvalue weighted by Crippen LogP contribution is -2.55. The molecule has 0 fully saturated rings. The topological polar surface area (TPSA) is 80.8 Å². The summed E-state index contributed by atoms with van der Waals surface area (Å²) in [6, 6.07) is 14.3. The number of Topliss-reactive ketones (excluding diaryl/α,β-unsaturated/α-hetero) is 1. The highest BCUT2D eigenvalue weighted by Gasteiger charge is 2.57. The van der Waals surface area contributed by atoms with Gasteiger partial charge in [-0.1, -0.05) is 48.0 Å². The van der Waals surface area contributed by atoms with Gasteiger partial charge in [-0.2, -0.15) is 0 Å². The number of fused-ring (bicyclic) bond motifs is 5. The fourth-order valence-electron chi connectivity index (χ4n) is 4.85. The molecule has 6 nitrogen and oxygen atoms in total. The van der Waals surface area contributed by atoms with Crippen LogP contribution in [0, 0.1) is 11.8 Å². The number of hydrogen-bond acceptors (Lipinski definition) is 5. The van der Waals surface area contributed by atoms with Crippen LogP contribution in [0.3, 0.4) is 0 Å². The molecule has 1 heterocycles. The number of nitrogens with zero attached hydrogens (tertiary/aromatic N) is 1. The maximum atomic E-state index is 13.8. The van der Waals surface area contributed by atoms with Crippen molar-refractivity contribution in [2.24, 2.45) is 11.8 Å². The maximum absolute atomic E-state index is 13.8. The van der Waals surface area contributed by atoms with Gasteiger partial charge < -0.3 is 4.74 Å². The molecule has 0 bridgehead atoms. The Bertz CT molecular complexity index is 1270. The smallest absolute Gasteiger partial charge is 0.264 e. The van der Waals surface area contributed by atoms with E-state index in [1.54, 1.807) is 36.4 Å². The molecule has 0 spiro atoms. The molecule has 4 atom stereocenters. The molecule has 3 aliphatic rings. The van der Waals surface area contributed by atoms with E-state index < -0.39 is 39.8 Å². The molecule has 8 heteroatoms. The van der Waals surface area contributed by atoms with Crippen molar-refractivity contribution in [2.75, 3.05) is 11.4 Å². The molecular weight excluding hydrogens is 438 g/mol. The number of ether oxygens (including phenoxy) is 1. The second-order valence-corrected chi connectivity index (χ2v) is 9.93. The molecule has 1 aliphatic heterocycles. The first-order chi connectivity index (χ1) is 14.9. The lowest BCUT2D eigenvalue weighted by Gasteiger charge is -2.42. The van der Waals surface area contributed by atoms with Crippen molar-refractivity contribution in [3.63, 3.8) is 0 Å². The van der Waals surface area contributed by atoms with Crippen molar-refractivity contribution in [3.8, 4) is 0 Å². The predicted molar refractivity (Wildman–Crippen MR) is 116 cm³/mol. The van der Waals surface area contributed by atoms with Crippen LogP contribution in [0.5, 0.6) is 0 Å². The number of methoxy groups -OCH3 is 1. The van der Waals surface area contributed by atoms with Crippen molar-refractivity contribution < 1.29 is 22.7 Å². The van der Waals surface area contributed by atoms with E-state index in [1.807, 2.05) is 12.1 Å². The molecule has 2 aliphatic carbocycles. The van der Waals surface area contributed by atoms with Gasteiger partial charge in [0.1, 0.15) is 0 Å². The Morgan fingerprint density at radius 2 is 1.65 bits per heavy atom. The van der Waals surface area contributed by atoms with Crippen molar-refractivity contribution >= 4 is 44.5 Å². The van der Waals surface area contributed by atoms with E-state index in [-0.39, 0.29) is 15.7 Å². The number of ketones is 2. The third-order valence-electron chi connectivity index (χ3n) is 6.16. The number of sulfonamides is 1. The van der Waals surface area contributed by atoms with E-state index in [0.717, 1.165) is 6.08 Å². The molecular formula is C23H18ClNO5S. The highest BCUT2D eigenvalue weighted by molar-refractivity contribution is 7.93. The van der Waals surface area contributed by atoms with E-state index in [1.165, 1.54) is 23.5 Å². The third kappa shape index (κ3) is 2.84. The molecule has 0 amide bonds. The summed E-state index contributed by atoms with van der Waals surface area (Å²) in [4.78, 5) is 26.2. The quantitative estimate of drug-likeness (QED) is 0.710. The van der Waals surface area contributed by atoms with E-state index in [9.17, 15) is 18.0 Å². The van der Waals surface area contributed by atoms with Crippen LogP contribution in [0.2, 0.25) is 0 Å².